The Hall–Kier alpha value is -1.67. The minimum absolute atomic E-state index is 0.0466. The first kappa shape index (κ1) is 17.7. The Morgan fingerprint density at radius 2 is 1.96 bits per heavy atom. The molecule has 124 valence electrons. The fourth-order valence-corrected chi connectivity index (χ4v) is 3.98. The maximum absolute atomic E-state index is 12.1. The average Bonchev–Trinajstić information content (AvgIpc) is 2.51. The SMILES string of the molecule is Cn1ncc(NCCCS(=O)(=O)Cc2ccccc2)c(Br)c1=O. The molecule has 1 heterocycles. The molecule has 0 unspecified atom stereocenters. The van der Waals surface area contributed by atoms with Crippen molar-refractivity contribution in [3.05, 3.63) is 56.9 Å². The Morgan fingerprint density at radius 1 is 1.26 bits per heavy atom. The van der Waals surface area contributed by atoms with E-state index in [1.165, 1.54) is 10.9 Å². The number of hydrogen-bond acceptors (Lipinski definition) is 5. The average molecular weight is 400 g/mol. The van der Waals surface area contributed by atoms with Crippen molar-refractivity contribution in [2.45, 2.75) is 12.2 Å². The predicted octanol–water partition coefficient (Wildman–Crippen LogP) is 1.96. The van der Waals surface area contributed by atoms with Gasteiger partial charge in [-0.05, 0) is 27.9 Å². The number of anilines is 1. The number of nitrogens with one attached hydrogen (secondary N) is 1. The predicted molar refractivity (Wildman–Crippen MR) is 94.2 cm³/mol. The summed E-state index contributed by atoms with van der Waals surface area (Å²) in [7, 11) is -1.58. The minimum Gasteiger partial charge on any atom is -0.383 e. The molecule has 0 saturated heterocycles. The van der Waals surface area contributed by atoms with Crippen LogP contribution in [0.1, 0.15) is 12.0 Å². The lowest BCUT2D eigenvalue weighted by Crippen LogP contribution is -2.22. The Bertz CT molecular complexity index is 820. The lowest BCUT2D eigenvalue weighted by Gasteiger charge is -2.09. The number of benzene rings is 1. The molecule has 2 rings (SSSR count). The van der Waals surface area contributed by atoms with Gasteiger partial charge in [0.25, 0.3) is 5.56 Å². The third kappa shape index (κ3) is 5.18. The molecule has 1 aromatic heterocycles. The Morgan fingerprint density at radius 3 is 2.65 bits per heavy atom. The van der Waals surface area contributed by atoms with Gasteiger partial charge in [0.05, 0.1) is 23.4 Å². The van der Waals surface area contributed by atoms with Gasteiger partial charge >= 0.3 is 0 Å². The second kappa shape index (κ2) is 7.74. The van der Waals surface area contributed by atoms with Gasteiger partial charge in [0.2, 0.25) is 0 Å². The van der Waals surface area contributed by atoms with Crippen LogP contribution in [0.3, 0.4) is 0 Å². The maximum atomic E-state index is 12.1. The van der Waals surface area contributed by atoms with E-state index in [1.54, 1.807) is 19.2 Å². The van der Waals surface area contributed by atoms with E-state index in [2.05, 4.69) is 26.3 Å². The van der Waals surface area contributed by atoms with Gasteiger partial charge in [-0.25, -0.2) is 13.1 Å². The lowest BCUT2D eigenvalue weighted by molar-refractivity contribution is 0.593. The number of halogens is 1. The molecule has 1 aromatic carbocycles. The highest BCUT2D eigenvalue weighted by molar-refractivity contribution is 9.10. The second-order valence-corrected chi connectivity index (χ2v) is 8.14. The van der Waals surface area contributed by atoms with Gasteiger partial charge in [0, 0.05) is 13.6 Å². The van der Waals surface area contributed by atoms with Crippen molar-refractivity contribution < 1.29 is 8.42 Å². The van der Waals surface area contributed by atoms with Crippen LogP contribution in [0, 0.1) is 0 Å². The molecule has 0 fully saturated rings. The van der Waals surface area contributed by atoms with Crippen LogP contribution in [-0.4, -0.2) is 30.5 Å². The summed E-state index contributed by atoms with van der Waals surface area (Å²) in [5.41, 5.74) is 1.11. The highest BCUT2D eigenvalue weighted by Crippen LogP contribution is 2.15. The number of sulfone groups is 1. The van der Waals surface area contributed by atoms with Crippen LogP contribution in [-0.2, 0) is 22.6 Å². The van der Waals surface area contributed by atoms with Crippen LogP contribution in [0.2, 0.25) is 0 Å². The summed E-state index contributed by atoms with van der Waals surface area (Å²) in [6.07, 6.45) is 1.99. The van der Waals surface area contributed by atoms with E-state index >= 15 is 0 Å². The smallest absolute Gasteiger partial charge is 0.282 e. The molecule has 1 N–H and O–H groups in total. The molecule has 6 nitrogen and oxygen atoms in total. The van der Waals surface area contributed by atoms with Gasteiger partial charge < -0.3 is 5.32 Å². The van der Waals surface area contributed by atoms with E-state index < -0.39 is 9.84 Å². The molecule has 0 atom stereocenters. The van der Waals surface area contributed by atoms with Gasteiger partial charge in [-0.2, -0.15) is 5.10 Å². The van der Waals surface area contributed by atoms with Crippen molar-refractivity contribution in [3.8, 4) is 0 Å². The first-order valence-corrected chi connectivity index (χ1v) is 9.70. The van der Waals surface area contributed by atoms with Crippen LogP contribution in [0.25, 0.3) is 0 Å². The quantitative estimate of drug-likeness (QED) is 0.719. The minimum atomic E-state index is -3.15. The van der Waals surface area contributed by atoms with Gasteiger partial charge in [0.15, 0.2) is 9.84 Å². The summed E-state index contributed by atoms with van der Waals surface area (Å²) >= 11 is 3.21. The van der Waals surface area contributed by atoms with Gasteiger partial charge in [-0.3, -0.25) is 4.79 Å². The van der Waals surface area contributed by atoms with Crippen LogP contribution >= 0.6 is 15.9 Å². The number of aromatic nitrogens is 2. The first-order valence-electron chi connectivity index (χ1n) is 7.09. The lowest BCUT2D eigenvalue weighted by atomic mass is 10.2. The van der Waals surface area contributed by atoms with Gasteiger partial charge in [0.1, 0.15) is 4.47 Å². The summed E-state index contributed by atoms with van der Waals surface area (Å²) in [5, 5.41) is 6.95. The molecule has 0 amide bonds. The zero-order valence-electron chi connectivity index (χ0n) is 12.7. The summed E-state index contributed by atoms with van der Waals surface area (Å²) in [4.78, 5) is 11.7. The standard InChI is InChI=1S/C15H18BrN3O3S/c1-19-15(20)14(16)13(10-18-19)17-8-5-9-23(21,22)11-12-6-3-2-4-7-12/h2-4,6-7,10,17H,5,8-9,11H2,1H3. The van der Waals surface area contributed by atoms with Crippen molar-refractivity contribution in [2.24, 2.45) is 7.05 Å². The van der Waals surface area contributed by atoms with Crippen molar-refractivity contribution in [1.29, 1.82) is 0 Å². The molecular formula is C15H18BrN3O3S. The van der Waals surface area contributed by atoms with Gasteiger partial charge in [-0.1, -0.05) is 30.3 Å². The van der Waals surface area contributed by atoms with Crippen LogP contribution < -0.4 is 10.9 Å². The maximum Gasteiger partial charge on any atom is 0.282 e. The molecule has 0 bridgehead atoms. The van der Waals surface area contributed by atoms with E-state index in [0.29, 0.717) is 23.1 Å². The van der Waals surface area contributed by atoms with Crippen molar-refractivity contribution >= 4 is 31.5 Å². The summed E-state index contributed by atoms with van der Waals surface area (Å²) in [6.45, 7) is 0.446. The Labute approximate surface area is 143 Å². The molecule has 0 saturated carbocycles. The van der Waals surface area contributed by atoms with E-state index in [1.807, 2.05) is 18.2 Å². The van der Waals surface area contributed by atoms with E-state index in [9.17, 15) is 13.2 Å². The topological polar surface area (TPSA) is 81.1 Å². The Balaban J connectivity index is 1.85. The third-order valence-electron chi connectivity index (χ3n) is 3.26. The van der Waals surface area contributed by atoms with Crippen molar-refractivity contribution in [1.82, 2.24) is 9.78 Å². The fourth-order valence-electron chi connectivity index (χ4n) is 2.05. The summed E-state index contributed by atoms with van der Waals surface area (Å²) < 4.78 is 25.8. The molecule has 8 heteroatoms. The summed E-state index contributed by atoms with van der Waals surface area (Å²) in [6, 6.07) is 9.12. The van der Waals surface area contributed by atoms with Crippen molar-refractivity contribution in [2.75, 3.05) is 17.6 Å². The zero-order valence-corrected chi connectivity index (χ0v) is 15.1. The van der Waals surface area contributed by atoms with Crippen LogP contribution in [0.5, 0.6) is 0 Å². The van der Waals surface area contributed by atoms with Crippen LogP contribution in [0.4, 0.5) is 5.69 Å². The molecule has 0 aliphatic carbocycles. The second-order valence-electron chi connectivity index (χ2n) is 5.16. The largest absolute Gasteiger partial charge is 0.383 e. The summed E-state index contributed by atoms with van der Waals surface area (Å²) in [5.74, 6) is 0.135. The highest BCUT2D eigenvalue weighted by atomic mass is 79.9. The number of rotatable bonds is 7. The monoisotopic (exact) mass is 399 g/mol. The molecule has 0 radical (unpaired) electrons. The highest BCUT2D eigenvalue weighted by Gasteiger charge is 2.12. The molecule has 0 aliphatic rings. The molecule has 23 heavy (non-hydrogen) atoms. The van der Waals surface area contributed by atoms with Gasteiger partial charge in [-0.15, -0.1) is 0 Å². The molecule has 2 aromatic rings. The molecule has 0 spiro atoms. The zero-order chi connectivity index (χ0) is 16.9. The number of hydrogen-bond donors (Lipinski definition) is 1. The van der Waals surface area contributed by atoms with E-state index in [0.717, 1.165) is 5.56 Å². The van der Waals surface area contributed by atoms with E-state index in [4.69, 9.17) is 0 Å². The Kier molecular flexibility index (Phi) is 5.95. The normalized spacial score (nSPS) is 11.4. The number of nitrogens with zero attached hydrogens (tertiary/aromatic N) is 2. The van der Waals surface area contributed by atoms with Crippen LogP contribution in [0.15, 0.2) is 45.8 Å². The third-order valence-corrected chi connectivity index (χ3v) is 5.71. The first-order chi connectivity index (χ1) is 10.9. The van der Waals surface area contributed by atoms with E-state index in [-0.39, 0.29) is 17.1 Å². The number of aryl methyl sites for hydroxylation is 1. The molecular weight excluding hydrogens is 382 g/mol. The fraction of sp³-hybridized carbons (Fsp3) is 0.333. The molecule has 0 aliphatic heterocycles. The van der Waals surface area contributed by atoms with Crippen molar-refractivity contribution in [3.63, 3.8) is 0 Å².